The second-order valence-electron chi connectivity index (χ2n) is 4.39. The minimum atomic E-state index is -0.604. The molecule has 2 aromatic carbocycles. The molecular weight excluding hydrogens is 246 g/mol. The predicted octanol–water partition coefficient (Wildman–Crippen LogP) is 1.12. The summed E-state index contributed by atoms with van der Waals surface area (Å²) in [6.07, 6.45) is 0. The first-order chi connectivity index (χ1) is 8.97. The fourth-order valence-electron chi connectivity index (χ4n) is 1.97. The monoisotopic (exact) mass is 261 g/mol. The molecule has 0 spiro atoms. The van der Waals surface area contributed by atoms with Gasteiger partial charge >= 0.3 is 0 Å². The Morgan fingerprint density at radius 1 is 1.21 bits per heavy atom. The summed E-state index contributed by atoms with van der Waals surface area (Å²) < 4.78 is 5.16. The number of rotatable bonds is 4. The molecule has 0 saturated heterocycles. The Morgan fingerprint density at radius 3 is 2.42 bits per heavy atom. The first-order valence-electron chi connectivity index (χ1n) is 5.94. The topological polar surface area (TPSA) is 66.8 Å². The summed E-state index contributed by atoms with van der Waals surface area (Å²) in [5.74, 6) is 0.141. The molecule has 5 nitrogen and oxygen atoms in total. The van der Waals surface area contributed by atoms with E-state index in [-0.39, 0.29) is 17.1 Å². The number of hydrogen-bond donors (Lipinski definition) is 1. The van der Waals surface area contributed by atoms with Crippen LogP contribution in [0.2, 0.25) is 0 Å². The van der Waals surface area contributed by atoms with Gasteiger partial charge in [-0.2, -0.15) is 0 Å². The Hall–Kier alpha value is -2.30. The zero-order valence-electron chi connectivity index (χ0n) is 11.1. The third-order valence-electron chi connectivity index (χ3n) is 2.90. The summed E-state index contributed by atoms with van der Waals surface area (Å²) in [6.45, 7) is 2.06. The molecule has 0 aromatic heterocycles. The highest BCUT2D eigenvalue weighted by Crippen LogP contribution is 2.33. The summed E-state index contributed by atoms with van der Waals surface area (Å²) in [6, 6.07) is 4.85. The van der Waals surface area contributed by atoms with Crippen molar-refractivity contribution in [2.24, 2.45) is 0 Å². The van der Waals surface area contributed by atoms with Gasteiger partial charge in [-0.25, -0.2) is 0 Å². The molecule has 0 saturated carbocycles. The van der Waals surface area contributed by atoms with E-state index in [9.17, 15) is 14.7 Å². The van der Waals surface area contributed by atoms with Crippen molar-refractivity contribution in [3.63, 3.8) is 0 Å². The minimum absolute atomic E-state index is 0.0537. The van der Waals surface area contributed by atoms with Crippen LogP contribution in [0, 0.1) is 0 Å². The van der Waals surface area contributed by atoms with Gasteiger partial charge in [-0.05, 0) is 24.6 Å². The highest BCUT2D eigenvalue weighted by molar-refractivity contribution is 5.77. The zero-order chi connectivity index (χ0) is 14.2. The van der Waals surface area contributed by atoms with E-state index in [1.165, 1.54) is 6.07 Å². The van der Waals surface area contributed by atoms with Crippen molar-refractivity contribution in [1.29, 1.82) is 0 Å². The van der Waals surface area contributed by atoms with Gasteiger partial charge in [-0.1, -0.05) is 6.07 Å². The molecule has 1 N–H and O–H groups in total. The first-order valence-corrected chi connectivity index (χ1v) is 5.94. The van der Waals surface area contributed by atoms with Crippen LogP contribution in [0.15, 0.2) is 27.8 Å². The van der Waals surface area contributed by atoms with Gasteiger partial charge < -0.3 is 14.7 Å². The number of phenols is 1. The van der Waals surface area contributed by atoms with E-state index in [1.54, 1.807) is 38.1 Å². The predicted molar refractivity (Wildman–Crippen MR) is 74.0 cm³/mol. The van der Waals surface area contributed by atoms with E-state index >= 15 is 0 Å². The number of aromatic hydroxyl groups is 1. The van der Waals surface area contributed by atoms with Crippen molar-refractivity contribution in [1.82, 2.24) is 0 Å². The molecule has 2 aromatic rings. The third-order valence-corrected chi connectivity index (χ3v) is 2.90. The Morgan fingerprint density at radius 2 is 1.89 bits per heavy atom. The van der Waals surface area contributed by atoms with Crippen LogP contribution in [-0.4, -0.2) is 25.8 Å². The smallest absolute Gasteiger partial charge is 0.268 e. The molecule has 0 aliphatic heterocycles. The molecule has 0 heterocycles. The lowest BCUT2D eigenvalue weighted by molar-refractivity contribution is 0.334. The second kappa shape index (κ2) is 4.76. The van der Waals surface area contributed by atoms with Gasteiger partial charge in [0.15, 0.2) is 5.75 Å². The second-order valence-corrected chi connectivity index (χ2v) is 4.39. The van der Waals surface area contributed by atoms with E-state index in [0.29, 0.717) is 17.9 Å². The average molecular weight is 261 g/mol. The Labute approximate surface area is 110 Å². The number of nitrogens with zero attached hydrogens (tertiary/aromatic N) is 1. The number of anilines is 1. The molecule has 0 amide bonds. The number of ether oxygens (including phenoxy) is 1. The number of hydrogen-bond acceptors (Lipinski definition) is 5. The highest BCUT2D eigenvalue weighted by atomic mass is 16.5. The molecule has 0 aliphatic carbocycles. The van der Waals surface area contributed by atoms with E-state index in [4.69, 9.17) is 4.74 Å². The summed E-state index contributed by atoms with van der Waals surface area (Å²) in [4.78, 5) is 24.7. The van der Waals surface area contributed by atoms with Gasteiger partial charge in [0.1, 0.15) is 5.75 Å². The van der Waals surface area contributed by atoms with Crippen LogP contribution in [0.3, 0.4) is 0 Å². The minimum Gasteiger partial charge on any atom is -0.506 e. The Bertz CT molecular complexity index is 681. The van der Waals surface area contributed by atoms with Gasteiger partial charge in [-0.3, -0.25) is 9.59 Å². The Balaban J connectivity index is 2.49. The van der Waals surface area contributed by atoms with E-state index in [0.717, 1.165) is 0 Å². The van der Waals surface area contributed by atoms with Gasteiger partial charge in [0.05, 0.1) is 17.9 Å². The highest BCUT2D eigenvalue weighted by Gasteiger charge is 2.24. The molecule has 0 unspecified atom stereocenters. The van der Waals surface area contributed by atoms with Crippen molar-refractivity contribution in [3.8, 4) is 22.6 Å². The summed E-state index contributed by atoms with van der Waals surface area (Å²) >= 11 is 0. The maximum Gasteiger partial charge on any atom is 0.268 e. The molecule has 19 heavy (non-hydrogen) atoms. The number of phenolic OH excluding ortho intramolecular Hbond substituents is 1. The molecule has 0 fully saturated rings. The average Bonchev–Trinajstić information content (AvgIpc) is 2.37. The van der Waals surface area contributed by atoms with Crippen molar-refractivity contribution in [2.45, 2.75) is 6.92 Å². The maximum absolute atomic E-state index is 11.6. The maximum atomic E-state index is 11.6. The summed E-state index contributed by atoms with van der Waals surface area (Å²) in [7, 11) is 3.61. The number of benzene rings is 1. The summed E-state index contributed by atoms with van der Waals surface area (Å²) in [5.41, 5.74) is 0.206. The Kier molecular flexibility index (Phi) is 3.29. The van der Waals surface area contributed by atoms with Crippen LogP contribution in [0.1, 0.15) is 6.92 Å². The lowest BCUT2D eigenvalue weighted by atomic mass is 9.99. The molecule has 0 aliphatic rings. The normalized spacial score (nSPS) is 10.7. The van der Waals surface area contributed by atoms with Gasteiger partial charge in [0, 0.05) is 14.1 Å². The van der Waals surface area contributed by atoms with Crippen LogP contribution in [0.5, 0.6) is 11.5 Å². The lowest BCUT2D eigenvalue weighted by Crippen LogP contribution is -2.34. The first kappa shape index (κ1) is 13.1. The molecule has 0 radical (unpaired) electrons. The molecule has 5 heteroatoms. The van der Waals surface area contributed by atoms with Crippen molar-refractivity contribution < 1.29 is 9.84 Å². The zero-order valence-corrected chi connectivity index (χ0v) is 11.1. The standard InChI is InChI=1S/C14H15NO4/c1-4-19-14-11(12(17)13(14)18)8-5-6-9(15(2)3)10(16)7-8/h5-7,16H,4H2,1-3H3. The van der Waals surface area contributed by atoms with E-state index < -0.39 is 10.9 Å². The van der Waals surface area contributed by atoms with Crippen LogP contribution in [0.4, 0.5) is 5.69 Å². The largest absolute Gasteiger partial charge is 0.506 e. The lowest BCUT2D eigenvalue weighted by Gasteiger charge is -2.16. The van der Waals surface area contributed by atoms with E-state index in [2.05, 4.69) is 0 Å². The van der Waals surface area contributed by atoms with Crippen molar-refractivity contribution >= 4 is 5.69 Å². The SMILES string of the molecule is CCOc1c(-c2ccc(N(C)C)c(O)c2)c(=O)c1=O. The molecule has 2 rings (SSSR count). The van der Waals surface area contributed by atoms with E-state index in [1.807, 2.05) is 0 Å². The van der Waals surface area contributed by atoms with Crippen LogP contribution < -0.4 is 20.5 Å². The fraction of sp³-hybridized carbons (Fsp3) is 0.286. The molecule has 100 valence electrons. The van der Waals surface area contributed by atoms with Crippen LogP contribution in [-0.2, 0) is 0 Å². The van der Waals surface area contributed by atoms with Crippen molar-refractivity contribution in [2.75, 3.05) is 25.6 Å². The third kappa shape index (κ3) is 2.07. The molecule has 0 atom stereocenters. The van der Waals surface area contributed by atoms with Crippen LogP contribution in [0.25, 0.3) is 11.1 Å². The van der Waals surface area contributed by atoms with Crippen molar-refractivity contribution in [3.05, 3.63) is 38.6 Å². The van der Waals surface area contributed by atoms with Gasteiger partial charge in [0.2, 0.25) is 5.43 Å². The molecule has 0 bridgehead atoms. The molecular formula is C14H15NO4. The van der Waals surface area contributed by atoms with Gasteiger partial charge in [-0.15, -0.1) is 0 Å². The van der Waals surface area contributed by atoms with Crippen LogP contribution >= 0.6 is 0 Å². The van der Waals surface area contributed by atoms with Gasteiger partial charge in [0.25, 0.3) is 5.43 Å². The quantitative estimate of drug-likeness (QED) is 0.835. The summed E-state index contributed by atoms with van der Waals surface area (Å²) in [5, 5.41) is 9.90. The fourth-order valence-corrected chi connectivity index (χ4v) is 1.97.